The summed E-state index contributed by atoms with van der Waals surface area (Å²) < 4.78 is 5.73. The van der Waals surface area contributed by atoms with Crippen LogP contribution >= 0.6 is 0 Å². The topological polar surface area (TPSA) is 35.2 Å². The molecule has 2 N–H and O–H groups in total. The predicted molar refractivity (Wildman–Crippen MR) is 77.4 cm³/mol. The molecule has 0 radical (unpaired) electrons. The van der Waals surface area contributed by atoms with Gasteiger partial charge in [0.05, 0.1) is 6.61 Å². The molecular formula is C17H19NO. The zero-order chi connectivity index (χ0) is 13.2. The Bertz CT molecular complexity index is 579. The van der Waals surface area contributed by atoms with E-state index in [4.69, 9.17) is 10.5 Å². The van der Waals surface area contributed by atoms with Crippen LogP contribution in [-0.2, 0) is 6.42 Å². The molecule has 2 aromatic carbocycles. The normalized spacial score (nSPS) is 18.7. The summed E-state index contributed by atoms with van der Waals surface area (Å²) in [6, 6.07) is 16.8. The Kier molecular flexibility index (Phi) is 3.26. The van der Waals surface area contributed by atoms with Crippen LogP contribution < -0.4 is 10.5 Å². The molecule has 0 spiro atoms. The van der Waals surface area contributed by atoms with E-state index < -0.39 is 0 Å². The van der Waals surface area contributed by atoms with Crippen LogP contribution in [0.2, 0.25) is 0 Å². The Balaban J connectivity index is 1.90. The number of rotatable bonds is 3. The highest BCUT2D eigenvalue weighted by Crippen LogP contribution is 2.40. The second-order valence-electron chi connectivity index (χ2n) is 5.08. The van der Waals surface area contributed by atoms with Gasteiger partial charge in [0, 0.05) is 17.5 Å². The third-order valence-corrected chi connectivity index (χ3v) is 3.91. The lowest BCUT2D eigenvalue weighted by Crippen LogP contribution is -2.21. The molecule has 0 saturated heterocycles. The molecule has 0 aromatic heterocycles. The second kappa shape index (κ2) is 5.06. The number of ether oxygens (including phenoxy) is 1. The summed E-state index contributed by atoms with van der Waals surface area (Å²) >= 11 is 0. The molecule has 1 aliphatic rings. The van der Waals surface area contributed by atoms with E-state index in [-0.39, 0.29) is 12.0 Å². The van der Waals surface area contributed by atoms with E-state index in [1.54, 1.807) is 0 Å². The smallest absolute Gasteiger partial charge is 0.122 e. The molecule has 2 nitrogen and oxygen atoms in total. The number of aryl methyl sites for hydroxylation is 1. The molecule has 2 unspecified atom stereocenters. The van der Waals surface area contributed by atoms with Crippen molar-refractivity contribution in [2.24, 2.45) is 5.73 Å². The number of hydrogen-bond acceptors (Lipinski definition) is 2. The van der Waals surface area contributed by atoms with Gasteiger partial charge in [0.15, 0.2) is 0 Å². The minimum absolute atomic E-state index is 0.00449. The minimum Gasteiger partial charge on any atom is -0.493 e. The van der Waals surface area contributed by atoms with Gasteiger partial charge in [0.1, 0.15) is 5.75 Å². The highest BCUT2D eigenvalue weighted by molar-refractivity contribution is 5.42. The summed E-state index contributed by atoms with van der Waals surface area (Å²) in [5, 5.41) is 0. The fourth-order valence-corrected chi connectivity index (χ4v) is 2.74. The predicted octanol–water partition coefficient (Wildman–Crippen LogP) is 3.43. The Hall–Kier alpha value is -1.80. The molecule has 3 rings (SSSR count). The van der Waals surface area contributed by atoms with Gasteiger partial charge < -0.3 is 10.5 Å². The fraction of sp³-hybridized carbons (Fsp3) is 0.294. The van der Waals surface area contributed by atoms with Crippen molar-refractivity contribution in [3.8, 4) is 5.75 Å². The third kappa shape index (κ3) is 2.24. The maximum absolute atomic E-state index is 6.46. The van der Waals surface area contributed by atoms with Crippen molar-refractivity contribution in [3.05, 3.63) is 65.2 Å². The molecular weight excluding hydrogens is 234 g/mol. The van der Waals surface area contributed by atoms with Gasteiger partial charge in [-0.2, -0.15) is 0 Å². The van der Waals surface area contributed by atoms with Crippen molar-refractivity contribution in [2.45, 2.75) is 25.3 Å². The summed E-state index contributed by atoms with van der Waals surface area (Å²) in [6.07, 6.45) is 1.04. The first-order valence-electron chi connectivity index (χ1n) is 6.85. The van der Waals surface area contributed by atoms with E-state index in [9.17, 15) is 0 Å². The summed E-state index contributed by atoms with van der Waals surface area (Å²) in [5.74, 6) is 1.23. The minimum atomic E-state index is -0.00449. The monoisotopic (exact) mass is 253 g/mol. The lowest BCUT2D eigenvalue weighted by Gasteiger charge is -2.19. The Labute approximate surface area is 114 Å². The lowest BCUT2D eigenvalue weighted by atomic mass is 9.88. The first-order chi connectivity index (χ1) is 9.29. The highest BCUT2D eigenvalue weighted by Gasteiger charge is 2.29. The number of para-hydroxylation sites is 1. The van der Waals surface area contributed by atoms with E-state index in [1.165, 1.54) is 16.7 Å². The van der Waals surface area contributed by atoms with E-state index in [1.807, 2.05) is 12.1 Å². The van der Waals surface area contributed by atoms with Crippen LogP contribution in [0, 0.1) is 0 Å². The number of hydrogen-bond donors (Lipinski definition) is 1. The number of benzene rings is 2. The first kappa shape index (κ1) is 12.2. The van der Waals surface area contributed by atoms with Crippen LogP contribution in [0.1, 0.15) is 35.6 Å². The van der Waals surface area contributed by atoms with Gasteiger partial charge in [0.25, 0.3) is 0 Å². The molecule has 0 aliphatic carbocycles. The quantitative estimate of drug-likeness (QED) is 0.909. The summed E-state index contributed by atoms with van der Waals surface area (Å²) in [6.45, 7) is 2.84. The molecule has 19 heavy (non-hydrogen) atoms. The first-order valence-corrected chi connectivity index (χ1v) is 6.85. The molecule has 0 bridgehead atoms. The Morgan fingerprint density at radius 3 is 2.89 bits per heavy atom. The zero-order valence-corrected chi connectivity index (χ0v) is 11.2. The molecule has 2 atom stereocenters. The molecule has 1 heterocycles. The maximum Gasteiger partial charge on any atom is 0.122 e. The molecule has 98 valence electrons. The Morgan fingerprint density at radius 2 is 2.05 bits per heavy atom. The van der Waals surface area contributed by atoms with Crippen LogP contribution in [-0.4, -0.2) is 6.61 Å². The van der Waals surface area contributed by atoms with Crippen molar-refractivity contribution in [3.63, 3.8) is 0 Å². The number of nitrogens with two attached hydrogens (primary N) is 1. The van der Waals surface area contributed by atoms with Crippen LogP contribution in [0.3, 0.4) is 0 Å². The van der Waals surface area contributed by atoms with Gasteiger partial charge in [-0.3, -0.25) is 0 Å². The van der Waals surface area contributed by atoms with Gasteiger partial charge in [-0.1, -0.05) is 49.4 Å². The van der Waals surface area contributed by atoms with Crippen molar-refractivity contribution < 1.29 is 4.74 Å². The van der Waals surface area contributed by atoms with Gasteiger partial charge in [-0.05, 0) is 23.6 Å². The molecule has 1 aliphatic heterocycles. The van der Waals surface area contributed by atoms with E-state index in [0.29, 0.717) is 6.61 Å². The van der Waals surface area contributed by atoms with Gasteiger partial charge >= 0.3 is 0 Å². The zero-order valence-electron chi connectivity index (χ0n) is 11.2. The van der Waals surface area contributed by atoms with Crippen LogP contribution in [0.15, 0.2) is 48.5 Å². The van der Waals surface area contributed by atoms with E-state index in [0.717, 1.165) is 12.2 Å². The third-order valence-electron chi connectivity index (χ3n) is 3.91. The van der Waals surface area contributed by atoms with Gasteiger partial charge in [-0.25, -0.2) is 0 Å². The van der Waals surface area contributed by atoms with Crippen LogP contribution in [0.5, 0.6) is 5.75 Å². The SMILES string of the molecule is CCc1cccc(C(N)C2COc3ccccc32)c1. The van der Waals surface area contributed by atoms with Crippen molar-refractivity contribution in [2.75, 3.05) is 6.61 Å². The van der Waals surface area contributed by atoms with E-state index in [2.05, 4.69) is 43.3 Å². The molecule has 0 amide bonds. The molecule has 0 fully saturated rings. The van der Waals surface area contributed by atoms with Gasteiger partial charge in [0.2, 0.25) is 0 Å². The summed E-state index contributed by atoms with van der Waals surface area (Å²) in [7, 11) is 0. The standard InChI is InChI=1S/C17H19NO/c1-2-12-6-5-7-13(10-12)17(18)15-11-19-16-9-4-3-8-14(15)16/h3-10,15,17H,2,11,18H2,1H3. The van der Waals surface area contributed by atoms with Crippen molar-refractivity contribution >= 4 is 0 Å². The lowest BCUT2D eigenvalue weighted by molar-refractivity contribution is 0.315. The van der Waals surface area contributed by atoms with Crippen LogP contribution in [0.4, 0.5) is 0 Å². The molecule has 2 aromatic rings. The maximum atomic E-state index is 6.46. The average Bonchev–Trinajstić information content (AvgIpc) is 2.90. The summed E-state index contributed by atoms with van der Waals surface area (Å²) in [5.41, 5.74) is 10.2. The molecule has 2 heteroatoms. The molecule has 0 saturated carbocycles. The number of fused-ring (bicyclic) bond motifs is 1. The second-order valence-corrected chi connectivity index (χ2v) is 5.08. The van der Waals surface area contributed by atoms with E-state index >= 15 is 0 Å². The largest absolute Gasteiger partial charge is 0.493 e. The Morgan fingerprint density at radius 1 is 1.21 bits per heavy atom. The van der Waals surface area contributed by atoms with Crippen molar-refractivity contribution in [1.29, 1.82) is 0 Å². The van der Waals surface area contributed by atoms with Crippen LogP contribution in [0.25, 0.3) is 0 Å². The average molecular weight is 253 g/mol. The van der Waals surface area contributed by atoms with Gasteiger partial charge in [-0.15, -0.1) is 0 Å². The summed E-state index contributed by atoms with van der Waals surface area (Å²) in [4.78, 5) is 0. The highest BCUT2D eigenvalue weighted by atomic mass is 16.5. The fourth-order valence-electron chi connectivity index (χ4n) is 2.74. The van der Waals surface area contributed by atoms with Crippen molar-refractivity contribution in [1.82, 2.24) is 0 Å².